The molecule has 2 heterocycles. The SMILES string of the molecule is CC(C)(C)OC(=O)N1CCC(=O)C[C@@H]1C(=O)O.CC(C)(C)OC(=O)[C@H]1CC(=O)CCN1C(=O)OC(C)(C)C. The van der Waals surface area contributed by atoms with Gasteiger partial charge in [0.05, 0.1) is 0 Å². The van der Waals surface area contributed by atoms with Crippen molar-refractivity contribution in [1.82, 2.24) is 9.80 Å². The van der Waals surface area contributed by atoms with Gasteiger partial charge >= 0.3 is 24.1 Å². The van der Waals surface area contributed by atoms with Gasteiger partial charge in [0.25, 0.3) is 0 Å². The van der Waals surface area contributed by atoms with Crippen molar-refractivity contribution in [3.8, 4) is 0 Å². The van der Waals surface area contributed by atoms with Crippen LogP contribution in [0.3, 0.4) is 0 Å². The van der Waals surface area contributed by atoms with Crippen LogP contribution in [0.25, 0.3) is 0 Å². The van der Waals surface area contributed by atoms with Crippen LogP contribution in [0.5, 0.6) is 0 Å². The molecule has 2 saturated heterocycles. The van der Waals surface area contributed by atoms with Crippen LogP contribution in [-0.4, -0.2) is 92.6 Å². The molecule has 0 aromatic carbocycles. The number of nitrogens with zero attached hydrogens (tertiary/aromatic N) is 2. The molecule has 0 aromatic heterocycles. The fourth-order valence-electron chi connectivity index (χ4n) is 3.54. The van der Waals surface area contributed by atoms with Crippen LogP contribution in [0.4, 0.5) is 9.59 Å². The first-order valence-corrected chi connectivity index (χ1v) is 12.6. The van der Waals surface area contributed by atoms with Crippen LogP contribution in [0.1, 0.15) is 88.0 Å². The second-order valence-electron chi connectivity index (χ2n) is 12.2. The van der Waals surface area contributed by atoms with Gasteiger partial charge in [-0.25, -0.2) is 19.2 Å². The number of rotatable bonds is 2. The maximum atomic E-state index is 12.2. The number of carbonyl (C=O) groups is 6. The molecular weight excluding hydrogens is 500 g/mol. The van der Waals surface area contributed by atoms with Crippen molar-refractivity contribution in [3.05, 3.63) is 0 Å². The summed E-state index contributed by atoms with van der Waals surface area (Å²) in [7, 11) is 0. The van der Waals surface area contributed by atoms with Gasteiger partial charge in [0.15, 0.2) is 0 Å². The van der Waals surface area contributed by atoms with Gasteiger partial charge < -0.3 is 19.3 Å². The van der Waals surface area contributed by atoms with E-state index in [2.05, 4.69) is 0 Å². The second kappa shape index (κ2) is 12.6. The molecule has 2 atom stereocenters. The molecule has 0 aromatic rings. The van der Waals surface area contributed by atoms with Gasteiger partial charge in [-0.1, -0.05) is 0 Å². The first-order valence-electron chi connectivity index (χ1n) is 12.6. The fraction of sp³-hybridized carbons (Fsp3) is 0.769. The minimum Gasteiger partial charge on any atom is -0.480 e. The zero-order valence-corrected chi connectivity index (χ0v) is 23.9. The van der Waals surface area contributed by atoms with Crippen molar-refractivity contribution in [1.29, 1.82) is 0 Å². The lowest BCUT2D eigenvalue weighted by Gasteiger charge is -2.36. The molecule has 12 nitrogen and oxygen atoms in total. The number of amides is 2. The van der Waals surface area contributed by atoms with E-state index in [9.17, 15) is 28.8 Å². The van der Waals surface area contributed by atoms with Gasteiger partial charge in [-0.15, -0.1) is 0 Å². The number of Topliss-reactive ketones (excluding diaryl/α,β-unsaturated/α-hetero) is 2. The molecule has 0 aliphatic carbocycles. The summed E-state index contributed by atoms with van der Waals surface area (Å²) in [4.78, 5) is 72.3. The minimum atomic E-state index is -1.18. The number of hydrogen-bond donors (Lipinski definition) is 1. The maximum absolute atomic E-state index is 12.2. The minimum absolute atomic E-state index is 0.0197. The molecule has 1 N–H and O–H groups in total. The number of likely N-dealkylation sites (tertiary alicyclic amines) is 2. The summed E-state index contributed by atoms with van der Waals surface area (Å²) < 4.78 is 15.7. The van der Waals surface area contributed by atoms with Gasteiger partial charge in [-0.05, 0) is 62.3 Å². The van der Waals surface area contributed by atoms with Crippen LogP contribution in [0.15, 0.2) is 0 Å². The molecule has 2 rings (SSSR count). The number of esters is 1. The van der Waals surface area contributed by atoms with E-state index < -0.39 is 53.0 Å². The lowest BCUT2D eigenvalue weighted by Crippen LogP contribution is -2.53. The smallest absolute Gasteiger partial charge is 0.411 e. The van der Waals surface area contributed by atoms with Gasteiger partial charge in [0, 0.05) is 38.8 Å². The maximum Gasteiger partial charge on any atom is 0.411 e. The molecule has 0 bridgehead atoms. The van der Waals surface area contributed by atoms with Crippen LogP contribution < -0.4 is 0 Å². The van der Waals surface area contributed by atoms with Crippen LogP contribution >= 0.6 is 0 Å². The van der Waals surface area contributed by atoms with E-state index in [-0.39, 0.29) is 50.3 Å². The summed E-state index contributed by atoms with van der Waals surface area (Å²) >= 11 is 0. The first-order chi connectivity index (χ1) is 17.1. The molecule has 0 saturated carbocycles. The molecule has 38 heavy (non-hydrogen) atoms. The Balaban J connectivity index is 0.000000389. The molecule has 216 valence electrons. The number of carboxylic acids is 1. The van der Waals surface area contributed by atoms with Crippen molar-refractivity contribution < 1.29 is 48.1 Å². The Hall–Kier alpha value is -3.18. The molecule has 2 fully saturated rings. The van der Waals surface area contributed by atoms with E-state index in [0.29, 0.717) is 0 Å². The van der Waals surface area contributed by atoms with Gasteiger partial charge in [-0.2, -0.15) is 0 Å². The number of carboxylic acid groups (broad SMARTS) is 1. The molecule has 2 aliphatic rings. The average Bonchev–Trinajstić information content (AvgIpc) is 2.70. The normalized spacial score (nSPS) is 20.7. The molecular formula is C26H42N2O10. The highest BCUT2D eigenvalue weighted by molar-refractivity contribution is 5.91. The summed E-state index contributed by atoms with van der Waals surface area (Å²) in [6.07, 6.45) is -1.02. The van der Waals surface area contributed by atoms with E-state index in [1.165, 1.54) is 4.90 Å². The van der Waals surface area contributed by atoms with Gasteiger partial charge in [-0.3, -0.25) is 19.4 Å². The average molecular weight is 543 g/mol. The largest absolute Gasteiger partial charge is 0.480 e. The van der Waals surface area contributed by atoms with E-state index in [0.717, 1.165) is 4.90 Å². The number of aliphatic carboxylic acids is 1. The third-order valence-corrected chi connectivity index (χ3v) is 5.08. The predicted octanol–water partition coefficient (Wildman–Crippen LogP) is 3.34. The summed E-state index contributed by atoms with van der Waals surface area (Å²) in [5.74, 6) is -1.94. The molecule has 0 unspecified atom stereocenters. The highest BCUT2D eigenvalue weighted by atomic mass is 16.6. The predicted molar refractivity (Wildman–Crippen MR) is 135 cm³/mol. The Morgan fingerprint density at radius 3 is 1.34 bits per heavy atom. The number of piperidine rings is 2. The molecule has 12 heteroatoms. The van der Waals surface area contributed by atoms with Gasteiger partial charge in [0.2, 0.25) is 0 Å². The Morgan fingerprint density at radius 1 is 0.658 bits per heavy atom. The third kappa shape index (κ3) is 11.5. The van der Waals surface area contributed by atoms with Crippen LogP contribution in [0.2, 0.25) is 0 Å². The van der Waals surface area contributed by atoms with E-state index >= 15 is 0 Å². The van der Waals surface area contributed by atoms with Crippen molar-refractivity contribution >= 4 is 35.7 Å². The third-order valence-electron chi connectivity index (χ3n) is 5.08. The Morgan fingerprint density at radius 2 is 1.00 bits per heavy atom. The fourth-order valence-corrected chi connectivity index (χ4v) is 3.54. The number of carbonyl (C=O) groups excluding carboxylic acids is 5. The number of ether oxygens (including phenoxy) is 3. The Kier molecular flexibility index (Phi) is 10.9. The van der Waals surface area contributed by atoms with Crippen molar-refractivity contribution in [3.63, 3.8) is 0 Å². The Labute approximate surface area is 223 Å². The van der Waals surface area contributed by atoms with Crippen molar-refractivity contribution in [2.75, 3.05) is 13.1 Å². The Bertz CT molecular complexity index is 924. The van der Waals surface area contributed by atoms with Crippen LogP contribution in [-0.2, 0) is 33.4 Å². The number of hydrogen-bond acceptors (Lipinski definition) is 9. The number of ketones is 2. The quantitative estimate of drug-likeness (QED) is 0.405. The van der Waals surface area contributed by atoms with Gasteiger partial charge in [0.1, 0.15) is 40.5 Å². The highest BCUT2D eigenvalue weighted by Crippen LogP contribution is 2.22. The van der Waals surface area contributed by atoms with E-state index in [1.54, 1.807) is 62.3 Å². The highest BCUT2D eigenvalue weighted by Gasteiger charge is 2.40. The topological polar surface area (TPSA) is 157 Å². The summed E-state index contributed by atoms with van der Waals surface area (Å²) in [6, 6.07) is -2.01. The zero-order valence-electron chi connectivity index (χ0n) is 23.9. The van der Waals surface area contributed by atoms with E-state index in [4.69, 9.17) is 19.3 Å². The summed E-state index contributed by atoms with van der Waals surface area (Å²) in [5, 5.41) is 8.97. The second-order valence-corrected chi connectivity index (χ2v) is 12.2. The monoisotopic (exact) mass is 542 g/mol. The summed E-state index contributed by atoms with van der Waals surface area (Å²) in [6.45, 7) is 15.9. The lowest BCUT2D eigenvalue weighted by molar-refractivity contribution is -0.163. The lowest BCUT2D eigenvalue weighted by atomic mass is 10.0. The van der Waals surface area contributed by atoms with Crippen molar-refractivity contribution in [2.24, 2.45) is 0 Å². The zero-order chi connectivity index (χ0) is 29.6. The summed E-state index contributed by atoms with van der Waals surface area (Å²) in [5.41, 5.74) is -2.00. The molecule has 2 aliphatic heterocycles. The molecule has 2 amide bonds. The standard InChI is InChI=1S/C15H25NO5.C11H17NO5/c1-14(2,3)20-12(18)11-9-10(17)7-8-16(11)13(19)21-15(4,5)6;1-11(2,3)17-10(16)12-5-4-7(13)6-8(12)9(14)15/h11H,7-9H2,1-6H3;8H,4-6H2,1-3H3,(H,14,15)/t11-;8-/m11/s1. The first kappa shape index (κ1) is 32.8. The molecule has 0 spiro atoms. The van der Waals surface area contributed by atoms with E-state index in [1.807, 2.05) is 0 Å². The van der Waals surface area contributed by atoms with Crippen LogP contribution in [0, 0.1) is 0 Å². The van der Waals surface area contributed by atoms with Crippen molar-refractivity contribution in [2.45, 2.75) is 117 Å². The molecule has 0 radical (unpaired) electrons.